The highest BCUT2D eigenvalue weighted by molar-refractivity contribution is 9.10. The molecule has 0 spiro atoms. The number of carbonyl (C=O) groups excluding carboxylic acids is 1. The quantitative estimate of drug-likeness (QED) is 0.815. The molecule has 0 aliphatic rings. The lowest BCUT2D eigenvalue weighted by molar-refractivity contribution is 0.103. The Labute approximate surface area is 122 Å². The van der Waals surface area contributed by atoms with Gasteiger partial charge in [0.1, 0.15) is 11.4 Å². The van der Waals surface area contributed by atoms with Gasteiger partial charge in [-0.1, -0.05) is 28.1 Å². The average molecular weight is 338 g/mol. The standard InChI is InChI=1S/C13H12BrN3O3/c1-16-11(15)9(12(19)17(2)13(16)20)10(18)7-5-3-4-6-8(7)14/h3-6H,15H2,1-2H3. The van der Waals surface area contributed by atoms with Crippen LogP contribution in [0.1, 0.15) is 15.9 Å². The van der Waals surface area contributed by atoms with Gasteiger partial charge in [0.25, 0.3) is 5.56 Å². The van der Waals surface area contributed by atoms with E-state index >= 15 is 0 Å². The van der Waals surface area contributed by atoms with Gasteiger partial charge in [-0.3, -0.25) is 18.7 Å². The summed E-state index contributed by atoms with van der Waals surface area (Å²) in [7, 11) is 2.72. The van der Waals surface area contributed by atoms with Crippen molar-refractivity contribution in [3.63, 3.8) is 0 Å². The molecule has 0 aliphatic carbocycles. The van der Waals surface area contributed by atoms with Crippen LogP contribution in [0.3, 0.4) is 0 Å². The van der Waals surface area contributed by atoms with Crippen LogP contribution in [0.4, 0.5) is 5.82 Å². The average Bonchev–Trinajstić information content (AvgIpc) is 2.43. The zero-order valence-electron chi connectivity index (χ0n) is 10.9. The molecule has 2 aromatic rings. The molecule has 2 rings (SSSR count). The Bertz CT molecular complexity index is 821. The van der Waals surface area contributed by atoms with Crippen LogP contribution in [0.2, 0.25) is 0 Å². The second-order valence-corrected chi connectivity index (χ2v) is 5.13. The molecule has 0 atom stereocenters. The Kier molecular flexibility index (Phi) is 3.63. The minimum atomic E-state index is -0.702. The van der Waals surface area contributed by atoms with E-state index in [0.29, 0.717) is 10.0 Å². The number of halogens is 1. The van der Waals surface area contributed by atoms with Crippen molar-refractivity contribution in [2.75, 3.05) is 5.73 Å². The van der Waals surface area contributed by atoms with Gasteiger partial charge >= 0.3 is 5.69 Å². The highest BCUT2D eigenvalue weighted by Crippen LogP contribution is 2.20. The maximum Gasteiger partial charge on any atom is 0.332 e. The maximum absolute atomic E-state index is 12.5. The van der Waals surface area contributed by atoms with Gasteiger partial charge in [0.2, 0.25) is 5.78 Å². The van der Waals surface area contributed by atoms with Gasteiger partial charge in [-0.15, -0.1) is 0 Å². The Morgan fingerprint density at radius 2 is 1.75 bits per heavy atom. The van der Waals surface area contributed by atoms with Crippen molar-refractivity contribution < 1.29 is 4.79 Å². The summed E-state index contributed by atoms with van der Waals surface area (Å²) in [4.78, 5) is 36.3. The molecule has 0 unspecified atom stereocenters. The summed E-state index contributed by atoms with van der Waals surface area (Å²) >= 11 is 3.26. The number of aromatic nitrogens is 2. The van der Waals surface area contributed by atoms with E-state index < -0.39 is 17.0 Å². The number of hydrogen-bond acceptors (Lipinski definition) is 4. The summed E-state index contributed by atoms with van der Waals surface area (Å²) in [5.41, 5.74) is 4.59. The number of ketones is 1. The van der Waals surface area contributed by atoms with E-state index in [1.807, 2.05) is 0 Å². The molecule has 0 saturated carbocycles. The Hall–Kier alpha value is -2.15. The predicted octanol–water partition coefficient (Wildman–Crippen LogP) is 0.660. The third-order valence-electron chi connectivity index (χ3n) is 3.06. The summed E-state index contributed by atoms with van der Waals surface area (Å²) in [6.07, 6.45) is 0. The second kappa shape index (κ2) is 5.09. The van der Waals surface area contributed by atoms with Crippen molar-refractivity contribution in [3.05, 3.63) is 60.7 Å². The first-order chi connectivity index (χ1) is 9.36. The van der Waals surface area contributed by atoms with Crippen molar-refractivity contribution >= 4 is 27.5 Å². The second-order valence-electron chi connectivity index (χ2n) is 4.27. The fourth-order valence-electron chi connectivity index (χ4n) is 1.85. The summed E-state index contributed by atoms with van der Waals surface area (Å²) in [5.74, 6) is -0.662. The molecular formula is C13H12BrN3O3. The molecule has 1 heterocycles. The molecule has 0 aliphatic heterocycles. The predicted molar refractivity (Wildman–Crippen MR) is 78.9 cm³/mol. The van der Waals surface area contributed by atoms with Crippen molar-refractivity contribution in [1.82, 2.24) is 9.13 Å². The molecule has 0 saturated heterocycles. The van der Waals surface area contributed by atoms with E-state index in [-0.39, 0.29) is 11.4 Å². The molecule has 0 radical (unpaired) electrons. The zero-order chi connectivity index (χ0) is 15.0. The highest BCUT2D eigenvalue weighted by Gasteiger charge is 2.22. The van der Waals surface area contributed by atoms with Crippen LogP contribution in [0, 0.1) is 0 Å². The Balaban J connectivity index is 2.78. The van der Waals surface area contributed by atoms with Gasteiger partial charge in [-0.25, -0.2) is 4.79 Å². The normalized spacial score (nSPS) is 10.6. The maximum atomic E-state index is 12.5. The molecule has 104 valence electrons. The Morgan fingerprint density at radius 3 is 2.35 bits per heavy atom. The molecule has 6 nitrogen and oxygen atoms in total. The van der Waals surface area contributed by atoms with Crippen molar-refractivity contribution in [2.45, 2.75) is 0 Å². The molecule has 1 aromatic heterocycles. The number of anilines is 1. The lowest BCUT2D eigenvalue weighted by Gasteiger charge is -2.11. The molecule has 1 aromatic carbocycles. The van der Waals surface area contributed by atoms with Crippen LogP contribution in [0.15, 0.2) is 38.3 Å². The van der Waals surface area contributed by atoms with Crippen LogP contribution >= 0.6 is 15.9 Å². The Morgan fingerprint density at radius 1 is 1.15 bits per heavy atom. The van der Waals surface area contributed by atoms with Crippen molar-refractivity contribution in [2.24, 2.45) is 14.1 Å². The van der Waals surface area contributed by atoms with Crippen LogP contribution < -0.4 is 17.0 Å². The van der Waals surface area contributed by atoms with Crippen LogP contribution in [0.25, 0.3) is 0 Å². The number of rotatable bonds is 2. The number of nitrogens with two attached hydrogens (primary N) is 1. The fourth-order valence-corrected chi connectivity index (χ4v) is 2.32. The third-order valence-corrected chi connectivity index (χ3v) is 3.75. The number of benzene rings is 1. The van der Waals surface area contributed by atoms with E-state index in [1.165, 1.54) is 14.1 Å². The molecule has 0 bridgehead atoms. The number of nitrogen functional groups attached to an aromatic ring is 1. The monoisotopic (exact) mass is 337 g/mol. The molecular weight excluding hydrogens is 326 g/mol. The molecule has 20 heavy (non-hydrogen) atoms. The van der Waals surface area contributed by atoms with Gasteiger partial charge in [-0.05, 0) is 12.1 Å². The van der Waals surface area contributed by atoms with E-state index in [2.05, 4.69) is 15.9 Å². The smallest absolute Gasteiger partial charge is 0.332 e. The zero-order valence-corrected chi connectivity index (χ0v) is 12.5. The first-order valence-electron chi connectivity index (χ1n) is 5.71. The van der Waals surface area contributed by atoms with Crippen molar-refractivity contribution in [3.8, 4) is 0 Å². The summed E-state index contributed by atoms with van der Waals surface area (Å²) in [6, 6.07) is 6.70. The van der Waals surface area contributed by atoms with E-state index in [4.69, 9.17) is 5.73 Å². The fraction of sp³-hybridized carbons (Fsp3) is 0.154. The minimum Gasteiger partial charge on any atom is -0.384 e. The van der Waals surface area contributed by atoms with Crippen LogP contribution in [-0.2, 0) is 14.1 Å². The first kappa shape index (κ1) is 14.3. The van der Waals surface area contributed by atoms with Crippen LogP contribution in [-0.4, -0.2) is 14.9 Å². The first-order valence-corrected chi connectivity index (χ1v) is 6.50. The van der Waals surface area contributed by atoms with Gasteiger partial charge in [0.15, 0.2) is 0 Å². The van der Waals surface area contributed by atoms with Gasteiger partial charge in [0, 0.05) is 24.1 Å². The summed E-state index contributed by atoms with van der Waals surface area (Å²) < 4.78 is 2.49. The van der Waals surface area contributed by atoms with Gasteiger partial charge in [0.05, 0.1) is 0 Å². The van der Waals surface area contributed by atoms with E-state index in [9.17, 15) is 14.4 Å². The molecule has 7 heteroatoms. The molecule has 2 N–H and O–H groups in total. The summed E-state index contributed by atoms with van der Waals surface area (Å²) in [5, 5.41) is 0. The van der Waals surface area contributed by atoms with Crippen molar-refractivity contribution in [1.29, 1.82) is 0 Å². The lowest BCUT2D eigenvalue weighted by atomic mass is 10.1. The van der Waals surface area contributed by atoms with Gasteiger partial charge in [-0.2, -0.15) is 0 Å². The largest absolute Gasteiger partial charge is 0.384 e. The summed E-state index contributed by atoms with van der Waals surface area (Å²) in [6.45, 7) is 0. The van der Waals surface area contributed by atoms with Gasteiger partial charge < -0.3 is 5.73 Å². The number of carbonyl (C=O) groups is 1. The molecule has 0 fully saturated rings. The third kappa shape index (κ3) is 2.09. The topological polar surface area (TPSA) is 87.1 Å². The number of nitrogens with zero attached hydrogens (tertiary/aromatic N) is 2. The highest BCUT2D eigenvalue weighted by atomic mass is 79.9. The minimum absolute atomic E-state index is 0.140. The SMILES string of the molecule is Cn1c(N)c(C(=O)c2ccccc2Br)c(=O)n(C)c1=O. The van der Waals surface area contributed by atoms with E-state index in [0.717, 1.165) is 9.13 Å². The van der Waals surface area contributed by atoms with E-state index in [1.54, 1.807) is 24.3 Å². The molecule has 0 amide bonds. The van der Waals surface area contributed by atoms with Crippen LogP contribution in [0.5, 0.6) is 0 Å². The number of hydrogen-bond donors (Lipinski definition) is 1. The lowest BCUT2D eigenvalue weighted by Crippen LogP contribution is -2.41.